The maximum absolute atomic E-state index is 12.3. The zero-order chi connectivity index (χ0) is 16.9. The lowest BCUT2D eigenvalue weighted by molar-refractivity contribution is 0.194. The van der Waals surface area contributed by atoms with E-state index in [0.717, 1.165) is 36.2 Å². The van der Waals surface area contributed by atoms with Gasteiger partial charge in [0, 0.05) is 55.3 Å². The lowest BCUT2D eigenvalue weighted by Gasteiger charge is -2.36. The number of hydrogen-bond donors (Lipinski definition) is 1. The lowest BCUT2D eigenvalue weighted by atomic mass is 10.1. The molecule has 0 aliphatic carbocycles. The van der Waals surface area contributed by atoms with Gasteiger partial charge in [0.15, 0.2) is 0 Å². The zero-order valence-corrected chi connectivity index (χ0v) is 15.3. The summed E-state index contributed by atoms with van der Waals surface area (Å²) in [5, 5.41) is 2.98. The Morgan fingerprint density at radius 1 is 1.17 bits per heavy atom. The van der Waals surface area contributed by atoms with E-state index in [1.807, 2.05) is 17.0 Å². The fourth-order valence-corrected chi connectivity index (χ4v) is 3.39. The molecule has 0 bridgehead atoms. The number of hydrogen-bond acceptors (Lipinski definition) is 3. The molecule has 6 heteroatoms. The van der Waals surface area contributed by atoms with Crippen LogP contribution in [0.3, 0.4) is 0 Å². The number of urea groups is 1. The SMILES string of the molecule is Cc1cc(Br)ccc1N1CCN(C(=O)NCc2ccncc2)CC1. The molecule has 1 N–H and O–H groups in total. The molecule has 5 nitrogen and oxygen atoms in total. The second-order valence-electron chi connectivity index (χ2n) is 5.92. The summed E-state index contributed by atoms with van der Waals surface area (Å²) in [6, 6.07) is 10.2. The van der Waals surface area contributed by atoms with Gasteiger partial charge in [0.25, 0.3) is 0 Å². The van der Waals surface area contributed by atoms with E-state index >= 15 is 0 Å². The molecule has 126 valence electrons. The molecule has 2 heterocycles. The molecular formula is C18H21BrN4O. The van der Waals surface area contributed by atoms with E-state index in [0.29, 0.717) is 6.54 Å². The van der Waals surface area contributed by atoms with Gasteiger partial charge < -0.3 is 15.1 Å². The van der Waals surface area contributed by atoms with Gasteiger partial charge in [-0.15, -0.1) is 0 Å². The van der Waals surface area contributed by atoms with Crippen molar-refractivity contribution in [2.24, 2.45) is 0 Å². The molecule has 1 aliphatic heterocycles. The molecule has 2 aromatic rings. The van der Waals surface area contributed by atoms with Crippen molar-refractivity contribution in [3.63, 3.8) is 0 Å². The van der Waals surface area contributed by atoms with Crippen molar-refractivity contribution in [1.29, 1.82) is 0 Å². The van der Waals surface area contributed by atoms with Crippen molar-refractivity contribution in [3.05, 3.63) is 58.3 Å². The van der Waals surface area contributed by atoms with Crippen LogP contribution in [0.1, 0.15) is 11.1 Å². The third-order valence-corrected chi connectivity index (χ3v) is 4.75. The zero-order valence-electron chi connectivity index (χ0n) is 13.7. The maximum Gasteiger partial charge on any atom is 0.317 e. The molecule has 1 fully saturated rings. The number of piperazine rings is 1. The number of pyridine rings is 1. The van der Waals surface area contributed by atoms with Gasteiger partial charge in [-0.1, -0.05) is 15.9 Å². The topological polar surface area (TPSA) is 48.5 Å². The van der Waals surface area contributed by atoms with Crippen LogP contribution in [0, 0.1) is 6.92 Å². The van der Waals surface area contributed by atoms with Crippen LogP contribution < -0.4 is 10.2 Å². The molecule has 24 heavy (non-hydrogen) atoms. The summed E-state index contributed by atoms with van der Waals surface area (Å²) in [5.74, 6) is 0. The number of aryl methyl sites for hydroxylation is 1. The lowest BCUT2D eigenvalue weighted by Crippen LogP contribution is -2.51. The molecule has 0 radical (unpaired) electrons. The highest BCUT2D eigenvalue weighted by molar-refractivity contribution is 9.10. The normalized spacial score (nSPS) is 14.6. The number of amides is 2. The Kier molecular flexibility index (Phi) is 5.35. The number of aromatic nitrogens is 1. The van der Waals surface area contributed by atoms with Gasteiger partial charge in [-0.05, 0) is 48.4 Å². The quantitative estimate of drug-likeness (QED) is 0.877. The van der Waals surface area contributed by atoms with Crippen LogP contribution in [0.5, 0.6) is 0 Å². The van der Waals surface area contributed by atoms with E-state index in [1.165, 1.54) is 11.3 Å². The second-order valence-corrected chi connectivity index (χ2v) is 6.83. The summed E-state index contributed by atoms with van der Waals surface area (Å²) in [6.45, 7) is 5.83. The van der Waals surface area contributed by atoms with E-state index in [1.54, 1.807) is 12.4 Å². The number of benzene rings is 1. The summed E-state index contributed by atoms with van der Waals surface area (Å²) in [5.41, 5.74) is 3.55. The Hall–Kier alpha value is -2.08. The van der Waals surface area contributed by atoms with Gasteiger partial charge in [-0.2, -0.15) is 0 Å². The Bertz CT molecular complexity index is 699. The summed E-state index contributed by atoms with van der Waals surface area (Å²) in [7, 11) is 0. The molecular weight excluding hydrogens is 368 g/mol. The first-order chi connectivity index (χ1) is 11.6. The van der Waals surface area contributed by atoms with Gasteiger partial charge in [-0.3, -0.25) is 4.98 Å². The first kappa shape index (κ1) is 16.8. The predicted octanol–water partition coefficient (Wildman–Crippen LogP) is 3.18. The molecule has 3 rings (SSSR count). The van der Waals surface area contributed by atoms with Crippen molar-refractivity contribution < 1.29 is 4.79 Å². The van der Waals surface area contributed by atoms with Crippen molar-refractivity contribution in [2.75, 3.05) is 31.1 Å². The molecule has 0 atom stereocenters. The van der Waals surface area contributed by atoms with Gasteiger partial charge in [0.2, 0.25) is 0 Å². The Morgan fingerprint density at radius 3 is 2.54 bits per heavy atom. The van der Waals surface area contributed by atoms with Crippen molar-refractivity contribution in [1.82, 2.24) is 15.2 Å². The van der Waals surface area contributed by atoms with Gasteiger partial charge >= 0.3 is 6.03 Å². The minimum Gasteiger partial charge on any atom is -0.368 e. The molecule has 0 spiro atoms. The minimum atomic E-state index is -0.000935. The number of halogens is 1. The highest BCUT2D eigenvalue weighted by Crippen LogP contribution is 2.24. The summed E-state index contributed by atoms with van der Waals surface area (Å²) in [6.07, 6.45) is 3.47. The average Bonchev–Trinajstić information content (AvgIpc) is 2.61. The molecule has 1 aromatic carbocycles. The number of carbonyl (C=O) groups excluding carboxylic acids is 1. The highest BCUT2D eigenvalue weighted by Gasteiger charge is 2.21. The van der Waals surface area contributed by atoms with Crippen molar-refractivity contribution >= 4 is 27.6 Å². The fraction of sp³-hybridized carbons (Fsp3) is 0.333. The Balaban J connectivity index is 1.52. The Labute approximate surface area is 150 Å². The highest BCUT2D eigenvalue weighted by atomic mass is 79.9. The smallest absolute Gasteiger partial charge is 0.317 e. The second kappa shape index (κ2) is 7.66. The Morgan fingerprint density at radius 2 is 1.88 bits per heavy atom. The van der Waals surface area contributed by atoms with Crippen molar-refractivity contribution in [2.45, 2.75) is 13.5 Å². The van der Waals surface area contributed by atoms with Crippen LogP contribution in [0.15, 0.2) is 47.2 Å². The monoisotopic (exact) mass is 388 g/mol. The van der Waals surface area contributed by atoms with Gasteiger partial charge in [-0.25, -0.2) is 4.79 Å². The first-order valence-electron chi connectivity index (χ1n) is 8.06. The number of rotatable bonds is 3. The molecule has 1 aromatic heterocycles. The summed E-state index contributed by atoms with van der Waals surface area (Å²) in [4.78, 5) is 20.5. The van der Waals surface area contributed by atoms with E-state index in [4.69, 9.17) is 0 Å². The third kappa shape index (κ3) is 4.06. The van der Waals surface area contributed by atoms with Crippen LogP contribution in [0.2, 0.25) is 0 Å². The first-order valence-corrected chi connectivity index (χ1v) is 8.85. The largest absolute Gasteiger partial charge is 0.368 e. The summed E-state index contributed by atoms with van der Waals surface area (Å²) < 4.78 is 1.10. The minimum absolute atomic E-state index is 0.000935. The summed E-state index contributed by atoms with van der Waals surface area (Å²) >= 11 is 3.50. The van der Waals surface area contributed by atoms with Crippen LogP contribution in [0.25, 0.3) is 0 Å². The van der Waals surface area contributed by atoms with Gasteiger partial charge in [0.1, 0.15) is 0 Å². The molecule has 1 saturated heterocycles. The van der Waals surface area contributed by atoms with E-state index in [9.17, 15) is 4.79 Å². The fourth-order valence-electron chi connectivity index (χ4n) is 2.91. The number of nitrogens with zero attached hydrogens (tertiary/aromatic N) is 3. The van der Waals surface area contributed by atoms with Crippen LogP contribution in [-0.2, 0) is 6.54 Å². The van der Waals surface area contributed by atoms with Crippen LogP contribution in [-0.4, -0.2) is 42.1 Å². The molecule has 0 saturated carbocycles. The molecule has 0 unspecified atom stereocenters. The average molecular weight is 389 g/mol. The van der Waals surface area contributed by atoms with E-state index in [2.05, 4.69) is 56.3 Å². The van der Waals surface area contributed by atoms with E-state index in [-0.39, 0.29) is 6.03 Å². The predicted molar refractivity (Wildman–Crippen MR) is 99.1 cm³/mol. The molecule has 2 amide bonds. The number of anilines is 1. The van der Waals surface area contributed by atoms with Crippen LogP contribution >= 0.6 is 15.9 Å². The standard InChI is InChI=1S/C18H21BrN4O/c1-14-12-16(19)2-3-17(14)22-8-10-23(11-9-22)18(24)21-13-15-4-6-20-7-5-15/h2-7,12H,8-11,13H2,1H3,(H,21,24). The van der Waals surface area contributed by atoms with Gasteiger partial charge in [0.05, 0.1) is 0 Å². The number of nitrogens with one attached hydrogen (secondary N) is 1. The third-order valence-electron chi connectivity index (χ3n) is 4.26. The molecule has 1 aliphatic rings. The van der Waals surface area contributed by atoms with Crippen molar-refractivity contribution in [3.8, 4) is 0 Å². The van der Waals surface area contributed by atoms with Crippen LogP contribution in [0.4, 0.5) is 10.5 Å². The van der Waals surface area contributed by atoms with E-state index < -0.39 is 0 Å². The number of carbonyl (C=O) groups is 1. The maximum atomic E-state index is 12.3.